The van der Waals surface area contributed by atoms with Crippen molar-refractivity contribution in [3.63, 3.8) is 0 Å². The minimum atomic E-state index is -1.10. The Morgan fingerprint density at radius 1 is 1.68 bits per heavy atom. The van der Waals surface area contributed by atoms with Crippen molar-refractivity contribution >= 4 is 34.8 Å². The molecule has 0 unspecified atom stereocenters. The van der Waals surface area contributed by atoms with Crippen LogP contribution in [0.2, 0.25) is 5.15 Å². The van der Waals surface area contributed by atoms with E-state index in [1.54, 1.807) is 17.8 Å². The van der Waals surface area contributed by atoms with Crippen LogP contribution in [0.1, 0.15) is 11.3 Å². The van der Waals surface area contributed by atoms with Gasteiger partial charge in [-0.3, -0.25) is 4.68 Å². The van der Waals surface area contributed by atoms with Crippen molar-refractivity contribution < 1.29 is 14.7 Å². The van der Waals surface area contributed by atoms with E-state index in [1.807, 2.05) is 6.92 Å². The number of aryl methyl sites for hydroxylation is 2. The molecule has 0 saturated carbocycles. The highest BCUT2D eigenvalue weighted by molar-refractivity contribution is 6.32. The van der Waals surface area contributed by atoms with Gasteiger partial charge in [0.05, 0.1) is 11.9 Å². The Kier molecular flexibility index (Phi) is 3.66. The van der Waals surface area contributed by atoms with E-state index in [1.165, 1.54) is 6.21 Å². The number of aromatic nitrogens is 3. The lowest BCUT2D eigenvalue weighted by molar-refractivity contribution is -0.142. The molecule has 19 heavy (non-hydrogen) atoms. The lowest BCUT2D eigenvalue weighted by Crippen LogP contribution is -2.03. The third kappa shape index (κ3) is 2.82. The number of hydrogen-bond acceptors (Lipinski definition) is 5. The predicted molar refractivity (Wildman–Crippen MR) is 69.4 cm³/mol. The first kappa shape index (κ1) is 13.3. The van der Waals surface area contributed by atoms with E-state index in [9.17, 15) is 4.79 Å². The maximum absolute atomic E-state index is 10.3. The summed E-state index contributed by atoms with van der Waals surface area (Å²) < 4.78 is 1.64. The Bertz CT molecular complexity index is 665. The van der Waals surface area contributed by atoms with Gasteiger partial charge in [0.1, 0.15) is 5.15 Å². The molecule has 0 fully saturated rings. The summed E-state index contributed by atoms with van der Waals surface area (Å²) in [7, 11) is 1.78. The first-order chi connectivity index (χ1) is 8.99. The molecule has 0 spiro atoms. The second-order valence-electron chi connectivity index (χ2n) is 3.85. The van der Waals surface area contributed by atoms with Crippen LogP contribution in [0.4, 0.5) is 0 Å². The molecule has 8 heteroatoms. The highest BCUT2D eigenvalue weighted by Crippen LogP contribution is 2.21. The number of aliphatic carboxylic acids is 1. The number of hydrogen-bond donors (Lipinski definition) is 1. The number of fused-ring (bicyclic) bond motifs is 1. The van der Waals surface area contributed by atoms with Crippen LogP contribution < -0.4 is 0 Å². The molecule has 0 bridgehead atoms. The maximum Gasteiger partial charge on any atom is 0.344 e. The van der Waals surface area contributed by atoms with Crippen molar-refractivity contribution in [2.24, 2.45) is 12.2 Å². The fraction of sp³-hybridized carbons (Fsp3) is 0.273. The minimum absolute atomic E-state index is 0.248. The maximum atomic E-state index is 10.3. The van der Waals surface area contributed by atoms with Crippen LogP contribution in [0.3, 0.4) is 0 Å². The average molecular weight is 283 g/mol. The summed E-state index contributed by atoms with van der Waals surface area (Å²) in [5.41, 5.74) is 2.03. The van der Waals surface area contributed by atoms with Crippen LogP contribution in [-0.2, 0) is 16.7 Å². The number of rotatable bonds is 4. The Labute approximate surface area is 113 Å². The summed E-state index contributed by atoms with van der Waals surface area (Å²) in [4.78, 5) is 19.0. The summed E-state index contributed by atoms with van der Waals surface area (Å²) >= 11 is 6.01. The van der Waals surface area contributed by atoms with E-state index in [0.717, 1.165) is 11.1 Å². The van der Waals surface area contributed by atoms with Gasteiger partial charge >= 0.3 is 5.97 Å². The normalized spacial score (nSPS) is 11.3. The molecule has 0 aliphatic carbocycles. The number of oxime groups is 1. The van der Waals surface area contributed by atoms with E-state index < -0.39 is 12.6 Å². The van der Waals surface area contributed by atoms with Crippen LogP contribution in [0.15, 0.2) is 11.2 Å². The van der Waals surface area contributed by atoms with Crippen molar-refractivity contribution in [1.82, 2.24) is 14.8 Å². The predicted octanol–water partition coefficient (Wildman–Crippen LogP) is 1.37. The van der Waals surface area contributed by atoms with Gasteiger partial charge in [0, 0.05) is 18.0 Å². The lowest BCUT2D eigenvalue weighted by atomic mass is 10.2. The lowest BCUT2D eigenvalue weighted by Gasteiger charge is -1.99. The van der Waals surface area contributed by atoms with Crippen LogP contribution in [0.5, 0.6) is 0 Å². The van der Waals surface area contributed by atoms with Crippen molar-refractivity contribution in [1.29, 1.82) is 0 Å². The van der Waals surface area contributed by atoms with E-state index in [-0.39, 0.29) is 5.15 Å². The average Bonchev–Trinajstić information content (AvgIpc) is 2.60. The van der Waals surface area contributed by atoms with Gasteiger partial charge < -0.3 is 9.94 Å². The van der Waals surface area contributed by atoms with Gasteiger partial charge in [0.2, 0.25) is 6.61 Å². The molecule has 2 rings (SSSR count). The van der Waals surface area contributed by atoms with Gasteiger partial charge in [-0.05, 0) is 13.0 Å². The second kappa shape index (κ2) is 5.23. The number of carboxylic acid groups (broad SMARTS) is 1. The van der Waals surface area contributed by atoms with Crippen molar-refractivity contribution in [3.8, 4) is 0 Å². The quantitative estimate of drug-likeness (QED) is 0.519. The van der Waals surface area contributed by atoms with Crippen molar-refractivity contribution in [3.05, 3.63) is 22.5 Å². The molecule has 100 valence electrons. The summed E-state index contributed by atoms with van der Waals surface area (Å²) in [5.74, 6) is -1.10. The monoisotopic (exact) mass is 282 g/mol. The highest BCUT2D eigenvalue weighted by atomic mass is 35.5. The van der Waals surface area contributed by atoms with Gasteiger partial charge in [-0.1, -0.05) is 16.8 Å². The van der Waals surface area contributed by atoms with Crippen molar-refractivity contribution in [2.45, 2.75) is 6.92 Å². The number of carboxylic acids is 1. The molecule has 0 saturated heterocycles. The summed E-state index contributed by atoms with van der Waals surface area (Å²) in [6, 6.07) is 1.78. The van der Waals surface area contributed by atoms with Gasteiger partial charge in [-0.15, -0.1) is 0 Å². The van der Waals surface area contributed by atoms with E-state index in [0.29, 0.717) is 11.2 Å². The van der Waals surface area contributed by atoms with Gasteiger partial charge in [0.15, 0.2) is 5.65 Å². The Morgan fingerprint density at radius 2 is 2.42 bits per heavy atom. The number of nitrogens with zero attached hydrogens (tertiary/aromatic N) is 4. The molecule has 0 aliphatic rings. The molecule has 0 radical (unpaired) electrons. The Balaban J connectivity index is 2.31. The standard InChI is InChI=1S/C11H11ClN4O3/c1-6-8-3-7(4-13-19-5-9(17)18)10(12)14-11(8)16(2)15-6/h3-4H,5H2,1-2H3,(H,17,18). The van der Waals surface area contributed by atoms with Crippen LogP contribution in [0, 0.1) is 6.92 Å². The molecule has 0 atom stereocenters. The SMILES string of the molecule is Cc1nn(C)c2nc(Cl)c(C=NOCC(=O)O)cc12. The zero-order chi connectivity index (χ0) is 14.0. The molecule has 0 aromatic carbocycles. The Morgan fingerprint density at radius 3 is 3.11 bits per heavy atom. The minimum Gasteiger partial charge on any atom is -0.479 e. The number of carbonyl (C=O) groups is 1. The topological polar surface area (TPSA) is 89.6 Å². The molecule has 7 nitrogen and oxygen atoms in total. The molecule has 0 aliphatic heterocycles. The van der Waals surface area contributed by atoms with Crippen molar-refractivity contribution in [2.75, 3.05) is 6.61 Å². The fourth-order valence-corrected chi connectivity index (χ4v) is 1.80. The zero-order valence-electron chi connectivity index (χ0n) is 10.3. The highest BCUT2D eigenvalue weighted by Gasteiger charge is 2.10. The third-order valence-corrected chi connectivity index (χ3v) is 2.74. The number of pyridine rings is 1. The molecular formula is C11H11ClN4O3. The molecular weight excluding hydrogens is 272 g/mol. The fourth-order valence-electron chi connectivity index (χ4n) is 1.61. The van der Waals surface area contributed by atoms with Crippen LogP contribution >= 0.6 is 11.6 Å². The first-order valence-corrected chi connectivity index (χ1v) is 5.74. The van der Waals surface area contributed by atoms with E-state index in [4.69, 9.17) is 16.7 Å². The first-order valence-electron chi connectivity index (χ1n) is 5.36. The van der Waals surface area contributed by atoms with Gasteiger partial charge in [-0.2, -0.15) is 5.10 Å². The summed E-state index contributed by atoms with van der Waals surface area (Å²) in [5, 5.41) is 17.3. The largest absolute Gasteiger partial charge is 0.479 e. The van der Waals surface area contributed by atoms with Crippen LogP contribution in [0.25, 0.3) is 11.0 Å². The third-order valence-electron chi connectivity index (χ3n) is 2.43. The Hall–Kier alpha value is -2.15. The summed E-state index contributed by atoms with van der Waals surface area (Å²) in [6.07, 6.45) is 1.32. The van der Waals surface area contributed by atoms with Gasteiger partial charge in [0.25, 0.3) is 0 Å². The van der Waals surface area contributed by atoms with Crippen LogP contribution in [-0.4, -0.2) is 38.7 Å². The smallest absolute Gasteiger partial charge is 0.344 e. The molecule has 1 N–H and O–H groups in total. The van der Waals surface area contributed by atoms with E-state index >= 15 is 0 Å². The zero-order valence-corrected chi connectivity index (χ0v) is 11.0. The van der Waals surface area contributed by atoms with E-state index in [2.05, 4.69) is 20.1 Å². The number of halogens is 1. The second-order valence-corrected chi connectivity index (χ2v) is 4.21. The molecule has 2 heterocycles. The van der Waals surface area contributed by atoms with Gasteiger partial charge in [-0.25, -0.2) is 9.78 Å². The summed E-state index contributed by atoms with van der Waals surface area (Å²) in [6.45, 7) is 1.36. The molecule has 2 aromatic rings. The molecule has 0 amide bonds. The molecule has 2 aromatic heterocycles.